The number of benzene rings is 2. The van der Waals surface area contributed by atoms with Gasteiger partial charge < -0.3 is 18.9 Å². The molecule has 0 saturated carbocycles. The highest BCUT2D eigenvalue weighted by Gasteiger charge is 2.38. The summed E-state index contributed by atoms with van der Waals surface area (Å²) in [4.78, 5) is 18.3. The Morgan fingerprint density at radius 2 is 1.92 bits per heavy atom. The number of piperidine rings is 1. The van der Waals surface area contributed by atoms with Crippen molar-refractivity contribution in [1.29, 1.82) is 5.26 Å². The fraction of sp³-hybridized carbons (Fsp3) is 0.231. The molecule has 1 fully saturated rings. The molecular weight excluding hydrogens is 515 g/mol. The van der Waals surface area contributed by atoms with Crippen molar-refractivity contribution >= 4 is 23.4 Å². The van der Waals surface area contributed by atoms with E-state index in [0.717, 1.165) is 0 Å². The Labute approximate surface area is 221 Å². The number of esters is 1. The standard InChI is InChI=1S/C26H20ClFN6O4/c27-19-7-6-18(28)14-21(19)37-26(16-29)10-12-34(13-11-26)23-9-8-20(31-32-23)24-30-22(33-38-24)15-36-25(35)17-4-2-1-3-5-17/h1-9,14H,10-13,15H2. The van der Waals surface area contributed by atoms with Crippen LogP contribution in [0.25, 0.3) is 11.6 Å². The molecule has 2 aromatic heterocycles. The second kappa shape index (κ2) is 10.8. The number of carbonyl (C=O) groups is 1. The number of anilines is 1. The molecule has 192 valence electrons. The quantitative estimate of drug-likeness (QED) is 0.310. The number of halogens is 2. The van der Waals surface area contributed by atoms with E-state index in [2.05, 4.69) is 26.4 Å². The van der Waals surface area contributed by atoms with Gasteiger partial charge in [0.25, 0.3) is 5.89 Å². The van der Waals surface area contributed by atoms with Gasteiger partial charge >= 0.3 is 5.97 Å². The van der Waals surface area contributed by atoms with Crippen molar-refractivity contribution in [2.75, 3.05) is 18.0 Å². The van der Waals surface area contributed by atoms with Crippen molar-refractivity contribution in [3.8, 4) is 23.4 Å². The SMILES string of the molecule is N#CC1(Oc2cc(F)ccc2Cl)CCN(c2ccc(-c3nc(COC(=O)c4ccccc4)no3)nn2)CC1. The minimum atomic E-state index is -1.13. The number of hydrogen-bond donors (Lipinski definition) is 0. The highest BCUT2D eigenvalue weighted by molar-refractivity contribution is 6.32. The number of nitrogens with zero attached hydrogens (tertiary/aromatic N) is 6. The van der Waals surface area contributed by atoms with Crippen LogP contribution in [0.5, 0.6) is 5.75 Å². The van der Waals surface area contributed by atoms with Gasteiger partial charge in [0.2, 0.25) is 5.82 Å². The Morgan fingerprint density at radius 3 is 2.63 bits per heavy atom. The predicted octanol–water partition coefficient (Wildman–Crippen LogP) is 4.62. The maximum absolute atomic E-state index is 13.6. The zero-order valence-electron chi connectivity index (χ0n) is 19.9. The van der Waals surface area contributed by atoms with E-state index in [0.29, 0.717) is 43.0 Å². The van der Waals surface area contributed by atoms with E-state index < -0.39 is 17.4 Å². The van der Waals surface area contributed by atoms with Crippen molar-refractivity contribution in [3.05, 3.63) is 82.9 Å². The lowest BCUT2D eigenvalue weighted by atomic mass is 9.92. The summed E-state index contributed by atoms with van der Waals surface area (Å²) in [7, 11) is 0. The molecule has 1 saturated heterocycles. The molecule has 0 spiro atoms. The predicted molar refractivity (Wildman–Crippen MR) is 133 cm³/mol. The molecule has 0 N–H and O–H groups in total. The van der Waals surface area contributed by atoms with Crippen LogP contribution in [0.2, 0.25) is 5.02 Å². The largest absolute Gasteiger partial charge is 0.471 e. The van der Waals surface area contributed by atoms with Gasteiger partial charge in [-0.2, -0.15) is 10.2 Å². The second-order valence-electron chi connectivity index (χ2n) is 8.50. The third-order valence-corrected chi connectivity index (χ3v) is 6.29. The molecule has 1 aliphatic rings. The van der Waals surface area contributed by atoms with Crippen LogP contribution in [-0.2, 0) is 11.3 Å². The third kappa shape index (κ3) is 5.55. The summed E-state index contributed by atoms with van der Waals surface area (Å²) in [6.07, 6.45) is 0.711. The molecule has 1 aliphatic heterocycles. The molecule has 38 heavy (non-hydrogen) atoms. The van der Waals surface area contributed by atoms with Gasteiger partial charge in [0.15, 0.2) is 23.7 Å². The van der Waals surface area contributed by atoms with Gasteiger partial charge in [-0.15, -0.1) is 10.2 Å². The summed E-state index contributed by atoms with van der Waals surface area (Å²) >= 11 is 6.11. The van der Waals surface area contributed by atoms with E-state index in [1.54, 1.807) is 42.5 Å². The van der Waals surface area contributed by atoms with Crippen LogP contribution >= 0.6 is 11.6 Å². The zero-order valence-corrected chi connectivity index (χ0v) is 20.6. The monoisotopic (exact) mass is 534 g/mol. The molecule has 0 amide bonds. The van der Waals surface area contributed by atoms with E-state index in [1.165, 1.54) is 18.2 Å². The maximum Gasteiger partial charge on any atom is 0.338 e. The molecule has 5 rings (SSSR count). The minimum Gasteiger partial charge on any atom is -0.471 e. The highest BCUT2D eigenvalue weighted by Crippen LogP contribution is 2.34. The Hall–Kier alpha value is -4.56. The summed E-state index contributed by atoms with van der Waals surface area (Å²) in [5, 5.41) is 22.3. The van der Waals surface area contributed by atoms with Crippen LogP contribution in [0.4, 0.5) is 10.2 Å². The number of hydrogen-bond acceptors (Lipinski definition) is 10. The second-order valence-corrected chi connectivity index (χ2v) is 8.91. The van der Waals surface area contributed by atoms with Gasteiger partial charge in [-0.1, -0.05) is 35.0 Å². The van der Waals surface area contributed by atoms with Crippen molar-refractivity contribution in [2.24, 2.45) is 0 Å². The lowest BCUT2D eigenvalue weighted by molar-refractivity contribution is 0.0459. The van der Waals surface area contributed by atoms with Crippen molar-refractivity contribution in [2.45, 2.75) is 25.0 Å². The van der Waals surface area contributed by atoms with E-state index >= 15 is 0 Å². The van der Waals surface area contributed by atoms with Crippen LogP contribution in [0.1, 0.15) is 29.0 Å². The molecule has 0 radical (unpaired) electrons. The summed E-state index contributed by atoms with van der Waals surface area (Å²) in [5.41, 5.74) is -0.355. The molecule has 0 unspecified atom stereocenters. The zero-order chi connectivity index (χ0) is 26.5. The van der Waals surface area contributed by atoms with Crippen molar-refractivity contribution < 1.29 is 23.2 Å². The summed E-state index contributed by atoms with van der Waals surface area (Å²) in [6.45, 7) is 0.776. The average Bonchev–Trinajstić information content (AvgIpc) is 3.44. The first-order valence-corrected chi connectivity index (χ1v) is 12.0. The Morgan fingerprint density at radius 1 is 1.13 bits per heavy atom. The van der Waals surface area contributed by atoms with E-state index in [1.807, 2.05) is 4.90 Å². The molecule has 0 bridgehead atoms. The molecule has 10 nitrogen and oxygen atoms in total. The fourth-order valence-corrected chi connectivity index (χ4v) is 4.07. The molecule has 0 atom stereocenters. The van der Waals surface area contributed by atoms with E-state index in [9.17, 15) is 14.4 Å². The van der Waals surface area contributed by atoms with Gasteiger partial charge in [-0.05, 0) is 36.4 Å². The van der Waals surface area contributed by atoms with Crippen LogP contribution < -0.4 is 9.64 Å². The first-order chi connectivity index (χ1) is 18.4. The normalized spacial score (nSPS) is 14.5. The average molecular weight is 535 g/mol. The van der Waals surface area contributed by atoms with Crippen LogP contribution in [-0.4, -0.2) is 45.0 Å². The first-order valence-electron chi connectivity index (χ1n) is 11.6. The van der Waals surface area contributed by atoms with E-state index in [4.69, 9.17) is 25.6 Å². The Bertz CT molecular complexity index is 1470. The molecule has 2 aromatic carbocycles. The molecular formula is C26H20ClFN6O4. The topological polar surface area (TPSA) is 127 Å². The number of nitriles is 1. The fourth-order valence-electron chi connectivity index (χ4n) is 3.91. The van der Waals surface area contributed by atoms with Crippen LogP contribution in [0, 0.1) is 17.1 Å². The molecule has 12 heteroatoms. The van der Waals surface area contributed by atoms with Crippen molar-refractivity contribution in [1.82, 2.24) is 20.3 Å². The van der Waals surface area contributed by atoms with Crippen LogP contribution in [0.15, 0.2) is 65.2 Å². The van der Waals surface area contributed by atoms with Gasteiger partial charge in [0, 0.05) is 32.0 Å². The van der Waals surface area contributed by atoms with Gasteiger partial charge in [0.05, 0.1) is 10.6 Å². The minimum absolute atomic E-state index is 0.136. The lowest BCUT2D eigenvalue weighted by Gasteiger charge is -2.37. The van der Waals surface area contributed by atoms with Gasteiger partial charge in [-0.3, -0.25) is 0 Å². The Balaban J connectivity index is 1.18. The van der Waals surface area contributed by atoms with E-state index in [-0.39, 0.29) is 29.1 Å². The van der Waals surface area contributed by atoms with Gasteiger partial charge in [0.1, 0.15) is 17.6 Å². The summed E-state index contributed by atoms with van der Waals surface area (Å²) in [5.74, 6) is 0.0780. The maximum atomic E-state index is 13.6. The highest BCUT2D eigenvalue weighted by atomic mass is 35.5. The number of aromatic nitrogens is 4. The number of rotatable bonds is 7. The lowest BCUT2D eigenvalue weighted by Crippen LogP contribution is -2.47. The summed E-state index contributed by atoms with van der Waals surface area (Å²) < 4.78 is 29.9. The van der Waals surface area contributed by atoms with Crippen molar-refractivity contribution in [3.63, 3.8) is 0 Å². The molecule has 4 aromatic rings. The Kier molecular flexibility index (Phi) is 7.15. The number of carbonyl (C=O) groups excluding carboxylic acids is 1. The smallest absolute Gasteiger partial charge is 0.338 e. The number of ether oxygens (including phenoxy) is 2. The third-order valence-electron chi connectivity index (χ3n) is 5.98. The first kappa shape index (κ1) is 25.1. The molecule has 0 aliphatic carbocycles. The van der Waals surface area contributed by atoms with Crippen LogP contribution in [0.3, 0.4) is 0 Å². The van der Waals surface area contributed by atoms with Gasteiger partial charge in [-0.25, -0.2) is 9.18 Å². The molecule has 3 heterocycles. The summed E-state index contributed by atoms with van der Waals surface area (Å²) in [6, 6.07) is 18.0.